The standard InChI is InChI=1S/C16H20N2O2S/c1-12(15-4-3-11-21-15)16(20)17-13-5-7-14(8-6-13)18(2)9-10-19/h3-8,11-12,19H,9-10H2,1-2H3,(H,17,20). The number of anilines is 2. The second-order valence-electron chi connectivity index (χ2n) is 4.92. The van der Waals surface area contributed by atoms with Crippen LogP contribution in [0.4, 0.5) is 11.4 Å². The number of carbonyl (C=O) groups is 1. The predicted octanol–water partition coefficient (Wildman–Crippen LogP) is 2.92. The van der Waals surface area contributed by atoms with Crippen LogP contribution in [0.15, 0.2) is 41.8 Å². The molecule has 2 N–H and O–H groups in total. The lowest BCUT2D eigenvalue weighted by molar-refractivity contribution is -0.117. The molecule has 0 bridgehead atoms. The zero-order chi connectivity index (χ0) is 15.2. The number of hydrogen-bond donors (Lipinski definition) is 2. The first kappa shape index (κ1) is 15.5. The van der Waals surface area contributed by atoms with E-state index in [1.165, 1.54) is 0 Å². The average molecular weight is 304 g/mol. The summed E-state index contributed by atoms with van der Waals surface area (Å²) >= 11 is 1.59. The molecule has 0 saturated heterocycles. The van der Waals surface area contributed by atoms with Gasteiger partial charge in [0.15, 0.2) is 0 Å². The number of carbonyl (C=O) groups excluding carboxylic acids is 1. The maximum atomic E-state index is 12.2. The van der Waals surface area contributed by atoms with Crippen molar-refractivity contribution in [2.75, 3.05) is 30.4 Å². The predicted molar refractivity (Wildman–Crippen MR) is 88.2 cm³/mol. The Hall–Kier alpha value is -1.85. The SMILES string of the molecule is CC(C(=O)Nc1ccc(N(C)CCO)cc1)c1cccs1. The number of amides is 1. The van der Waals surface area contributed by atoms with Crippen LogP contribution in [0.5, 0.6) is 0 Å². The van der Waals surface area contributed by atoms with E-state index in [9.17, 15) is 4.79 Å². The van der Waals surface area contributed by atoms with Crippen molar-refractivity contribution in [2.45, 2.75) is 12.8 Å². The fourth-order valence-electron chi connectivity index (χ4n) is 2.00. The van der Waals surface area contributed by atoms with Gasteiger partial charge in [0.2, 0.25) is 5.91 Å². The molecule has 0 spiro atoms. The van der Waals surface area contributed by atoms with Crippen LogP contribution in [-0.4, -0.2) is 31.2 Å². The average Bonchev–Trinajstić information content (AvgIpc) is 3.01. The molecule has 5 heteroatoms. The highest BCUT2D eigenvalue weighted by Crippen LogP contribution is 2.23. The zero-order valence-electron chi connectivity index (χ0n) is 12.2. The van der Waals surface area contributed by atoms with Crippen molar-refractivity contribution >= 4 is 28.6 Å². The van der Waals surface area contributed by atoms with Crippen molar-refractivity contribution < 1.29 is 9.90 Å². The van der Waals surface area contributed by atoms with Gasteiger partial charge in [-0.3, -0.25) is 4.79 Å². The molecule has 0 saturated carbocycles. The third-order valence-corrected chi connectivity index (χ3v) is 4.43. The Kier molecular flexibility index (Phi) is 5.36. The summed E-state index contributed by atoms with van der Waals surface area (Å²) in [5.74, 6) is -0.157. The smallest absolute Gasteiger partial charge is 0.232 e. The van der Waals surface area contributed by atoms with Crippen LogP contribution in [-0.2, 0) is 4.79 Å². The highest BCUT2D eigenvalue weighted by Gasteiger charge is 2.16. The number of aliphatic hydroxyl groups excluding tert-OH is 1. The molecule has 1 amide bonds. The van der Waals surface area contributed by atoms with Crippen LogP contribution in [0.3, 0.4) is 0 Å². The summed E-state index contributed by atoms with van der Waals surface area (Å²) < 4.78 is 0. The lowest BCUT2D eigenvalue weighted by Gasteiger charge is -2.18. The molecule has 112 valence electrons. The second-order valence-corrected chi connectivity index (χ2v) is 5.90. The first-order valence-corrected chi connectivity index (χ1v) is 7.76. The van der Waals surface area contributed by atoms with Crippen LogP contribution < -0.4 is 10.2 Å². The summed E-state index contributed by atoms with van der Waals surface area (Å²) in [7, 11) is 1.92. The van der Waals surface area contributed by atoms with E-state index in [-0.39, 0.29) is 18.4 Å². The number of aliphatic hydroxyl groups is 1. The summed E-state index contributed by atoms with van der Waals surface area (Å²) in [6.45, 7) is 2.61. The fourth-order valence-corrected chi connectivity index (χ4v) is 2.78. The number of benzene rings is 1. The molecule has 1 atom stereocenters. The minimum absolute atomic E-state index is 0.00564. The second kappa shape index (κ2) is 7.24. The molecule has 2 rings (SSSR count). The van der Waals surface area contributed by atoms with E-state index in [4.69, 9.17) is 5.11 Å². The Morgan fingerprint density at radius 3 is 2.62 bits per heavy atom. The van der Waals surface area contributed by atoms with Gasteiger partial charge in [0, 0.05) is 29.8 Å². The van der Waals surface area contributed by atoms with Crippen molar-refractivity contribution in [3.05, 3.63) is 46.7 Å². The normalized spacial score (nSPS) is 12.0. The summed E-state index contributed by atoms with van der Waals surface area (Å²) in [5.41, 5.74) is 1.79. The van der Waals surface area contributed by atoms with Gasteiger partial charge in [0.1, 0.15) is 0 Å². The molecule has 4 nitrogen and oxygen atoms in total. The van der Waals surface area contributed by atoms with Crippen molar-refractivity contribution in [1.82, 2.24) is 0 Å². The third kappa shape index (κ3) is 4.06. The number of likely N-dealkylation sites (N-methyl/N-ethyl adjacent to an activating group) is 1. The maximum absolute atomic E-state index is 12.2. The summed E-state index contributed by atoms with van der Waals surface area (Å²) in [5, 5.41) is 13.8. The van der Waals surface area contributed by atoms with Crippen LogP contribution >= 0.6 is 11.3 Å². The third-order valence-electron chi connectivity index (χ3n) is 3.37. The van der Waals surface area contributed by atoms with Gasteiger partial charge in [-0.1, -0.05) is 6.07 Å². The van der Waals surface area contributed by atoms with Gasteiger partial charge in [-0.05, 0) is 42.6 Å². The minimum atomic E-state index is -0.151. The Bertz CT molecular complexity index is 566. The molecule has 0 fully saturated rings. The first-order chi connectivity index (χ1) is 10.1. The lowest BCUT2D eigenvalue weighted by atomic mass is 10.1. The van der Waals surface area contributed by atoms with E-state index in [0.29, 0.717) is 6.54 Å². The molecule has 1 heterocycles. The Labute approximate surface area is 129 Å². The van der Waals surface area contributed by atoms with E-state index in [0.717, 1.165) is 16.3 Å². The van der Waals surface area contributed by atoms with Crippen molar-refractivity contribution in [2.24, 2.45) is 0 Å². The molecular formula is C16H20N2O2S. The van der Waals surface area contributed by atoms with Gasteiger partial charge in [0.05, 0.1) is 12.5 Å². The van der Waals surface area contributed by atoms with Crippen molar-refractivity contribution in [1.29, 1.82) is 0 Å². The molecule has 0 aliphatic heterocycles. The van der Waals surface area contributed by atoms with Gasteiger partial charge in [-0.2, -0.15) is 0 Å². The van der Waals surface area contributed by atoms with Crippen LogP contribution in [0, 0.1) is 0 Å². The van der Waals surface area contributed by atoms with Gasteiger partial charge in [0.25, 0.3) is 0 Å². The number of thiophene rings is 1. The summed E-state index contributed by atoms with van der Waals surface area (Å²) in [4.78, 5) is 15.2. The molecule has 2 aromatic rings. The quantitative estimate of drug-likeness (QED) is 0.863. The molecule has 21 heavy (non-hydrogen) atoms. The minimum Gasteiger partial charge on any atom is -0.395 e. The van der Waals surface area contributed by atoms with Gasteiger partial charge >= 0.3 is 0 Å². The van der Waals surface area contributed by atoms with Crippen molar-refractivity contribution in [3.63, 3.8) is 0 Å². The van der Waals surface area contributed by atoms with Crippen LogP contribution in [0.2, 0.25) is 0 Å². The highest BCUT2D eigenvalue weighted by atomic mass is 32.1. The number of nitrogens with zero attached hydrogens (tertiary/aromatic N) is 1. The number of nitrogens with one attached hydrogen (secondary N) is 1. The Balaban J connectivity index is 1.98. The topological polar surface area (TPSA) is 52.6 Å². The largest absolute Gasteiger partial charge is 0.395 e. The lowest BCUT2D eigenvalue weighted by Crippen LogP contribution is -2.21. The van der Waals surface area contributed by atoms with E-state index >= 15 is 0 Å². The van der Waals surface area contributed by atoms with Gasteiger partial charge in [-0.25, -0.2) is 0 Å². The van der Waals surface area contributed by atoms with E-state index < -0.39 is 0 Å². The van der Waals surface area contributed by atoms with Gasteiger partial charge < -0.3 is 15.3 Å². The molecule has 1 aromatic heterocycles. The zero-order valence-corrected chi connectivity index (χ0v) is 13.1. The van der Waals surface area contributed by atoms with E-state index in [1.54, 1.807) is 11.3 Å². The Morgan fingerprint density at radius 2 is 2.05 bits per heavy atom. The van der Waals surface area contributed by atoms with E-state index in [2.05, 4.69) is 5.32 Å². The fraction of sp³-hybridized carbons (Fsp3) is 0.312. The number of hydrogen-bond acceptors (Lipinski definition) is 4. The van der Waals surface area contributed by atoms with Gasteiger partial charge in [-0.15, -0.1) is 11.3 Å². The monoisotopic (exact) mass is 304 g/mol. The molecule has 1 aromatic carbocycles. The molecular weight excluding hydrogens is 284 g/mol. The maximum Gasteiger partial charge on any atom is 0.232 e. The molecule has 0 radical (unpaired) electrons. The van der Waals surface area contributed by atoms with Crippen LogP contribution in [0.1, 0.15) is 17.7 Å². The Morgan fingerprint density at radius 1 is 1.33 bits per heavy atom. The molecule has 0 aliphatic carbocycles. The first-order valence-electron chi connectivity index (χ1n) is 6.88. The molecule has 1 unspecified atom stereocenters. The summed E-state index contributed by atoms with van der Waals surface area (Å²) in [6, 6.07) is 11.5. The van der Waals surface area contributed by atoms with E-state index in [1.807, 2.05) is 60.6 Å². The molecule has 0 aliphatic rings. The summed E-state index contributed by atoms with van der Waals surface area (Å²) in [6.07, 6.45) is 0. The highest BCUT2D eigenvalue weighted by molar-refractivity contribution is 7.10. The van der Waals surface area contributed by atoms with Crippen molar-refractivity contribution in [3.8, 4) is 0 Å². The van der Waals surface area contributed by atoms with Crippen LogP contribution in [0.25, 0.3) is 0 Å². The number of rotatable bonds is 6.